The quantitative estimate of drug-likeness (QED) is 0.566. The highest BCUT2D eigenvalue weighted by atomic mass is 16.5. The van der Waals surface area contributed by atoms with Crippen LogP contribution in [0.3, 0.4) is 0 Å². The van der Waals surface area contributed by atoms with Gasteiger partial charge in [-0.3, -0.25) is 9.69 Å². The lowest BCUT2D eigenvalue weighted by molar-refractivity contribution is 0.0950. The lowest BCUT2D eigenvalue weighted by atomic mass is 10.1. The number of nitrogens with one attached hydrogen (secondary N) is 1. The Hall–Kier alpha value is -3.13. The van der Waals surface area contributed by atoms with Crippen LogP contribution in [0.1, 0.15) is 16.8 Å². The van der Waals surface area contributed by atoms with Gasteiger partial charge in [-0.05, 0) is 37.2 Å². The van der Waals surface area contributed by atoms with Gasteiger partial charge in [0.05, 0.1) is 34.1 Å². The lowest BCUT2D eigenvalue weighted by Crippen LogP contribution is -2.47. The van der Waals surface area contributed by atoms with Gasteiger partial charge < -0.3 is 29.2 Å². The molecule has 0 spiro atoms. The summed E-state index contributed by atoms with van der Waals surface area (Å²) in [6.07, 6.45) is 0.880. The van der Waals surface area contributed by atoms with Gasteiger partial charge in [-0.2, -0.15) is 0 Å². The SMILES string of the molecule is COc1ccccc1N1CCN(CCCNC(=O)c2cc(OC)c(OC)c(OC)c2)CC1. The molecule has 2 aromatic rings. The van der Waals surface area contributed by atoms with Crippen LogP contribution in [0.15, 0.2) is 36.4 Å². The van der Waals surface area contributed by atoms with Crippen LogP contribution in [0.25, 0.3) is 0 Å². The van der Waals surface area contributed by atoms with Crippen molar-refractivity contribution in [3.05, 3.63) is 42.0 Å². The number of methoxy groups -OCH3 is 4. The summed E-state index contributed by atoms with van der Waals surface area (Å²) in [7, 11) is 6.32. The summed E-state index contributed by atoms with van der Waals surface area (Å²) >= 11 is 0. The summed E-state index contributed by atoms with van der Waals surface area (Å²) in [6.45, 7) is 5.42. The smallest absolute Gasteiger partial charge is 0.251 e. The molecule has 8 heteroatoms. The van der Waals surface area contributed by atoms with Crippen LogP contribution < -0.4 is 29.2 Å². The van der Waals surface area contributed by atoms with Crippen LogP contribution in [0.4, 0.5) is 5.69 Å². The molecule has 0 bridgehead atoms. The van der Waals surface area contributed by atoms with Crippen molar-refractivity contribution in [1.82, 2.24) is 10.2 Å². The summed E-state index contributed by atoms with van der Waals surface area (Å²) < 4.78 is 21.4. The molecule has 0 unspecified atom stereocenters. The number of carbonyl (C=O) groups is 1. The maximum atomic E-state index is 12.6. The van der Waals surface area contributed by atoms with Crippen molar-refractivity contribution < 1.29 is 23.7 Å². The number of nitrogens with zero attached hydrogens (tertiary/aromatic N) is 2. The number of carbonyl (C=O) groups excluding carboxylic acids is 1. The minimum absolute atomic E-state index is 0.162. The molecular formula is C24H33N3O5. The van der Waals surface area contributed by atoms with Crippen molar-refractivity contribution >= 4 is 11.6 Å². The molecule has 1 aliphatic rings. The molecular weight excluding hydrogens is 410 g/mol. The highest BCUT2D eigenvalue weighted by Crippen LogP contribution is 2.38. The predicted octanol–water partition coefficient (Wildman–Crippen LogP) is 2.66. The highest BCUT2D eigenvalue weighted by molar-refractivity contribution is 5.95. The van der Waals surface area contributed by atoms with Gasteiger partial charge >= 0.3 is 0 Å². The van der Waals surface area contributed by atoms with E-state index in [4.69, 9.17) is 18.9 Å². The number of piperazine rings is 1. The molecule has 1 heterocycles. The molecule has 2 aromatic carbocycles. The van der Waals surface area contributed by atoms with Gasteiger partial charge in [0.1, 0.15) is 5.75 Å². The van der Waals surface area contributed by atoms with E-state index >= 15 is 0 Å². The first kappa shape index (κ1) is 23.5. The van der Waals surface area contributed by atoms with Gasteiger partial charge in [0, 0.05) is 38.3 Å². The molecule has 3 rings (SSSR count). The molecule has 0 aliphatic carbocycles. The molecule has 32 heavy (non-hydrogen) atoms. The Balaban J connectivity index is 1.45. The van der Waals surface area contributed by atoms with E-state index in [1.165, 1.54) is 21.3 Å². The van der Waals surface area contributed by atoms with Crippen molar-refractivity contribution in [1.29, 1.82) is 0 Å². The van der Waals surface area contributed by atoms with Gasteiger partial charge in [0.25, 0.3) is 5.91 Å². The van der Waals surface area contributed by atoms with Crippen LogP contribution in [0, 0.1) is 0 Å². The van der Waals surface area contributed by atoms with E-state index in [1.807, 2.05) is 18.2 Å². The molecule has 0 radical (unpaired) electrons. The fourth-order valence-electron chi connectivity index (χ4n) is 3.92. The summed E-state index contributed by atoms with van der Waals surface area (Å²) in [5.41, 5.74) is 1.62. The van der Waals surface area contributed by atoms with E-state index in [1.54, 1.807) is 19.2 Å². The maximum absolute atomic E-state index is 12.6. The van der Waals surface area contributed by atoms with Crippen molar-refractivity contribution in [2.24, 2.45) is 0 Å². The predicted molar refractivity (Wildman–Crippen MR) is 125 cm³/mol. The Morgan fingerprint density at radius 3 is 2.09 bits per heavy atom. The Labute approximate surface area is 190 Å². The van der Waals surface area contributed by atoms with Crippen LogP contribution in [0.5, 0.6) is 23.0 Å². The normalized spacial score (nSPS) is 14.1. The third-order valence-corrected chi connectivity index (χ3v) is 5.66. The molecule has 1 fully saturated rings. The molecule has 1 aliphatic heterocycles. The Morgan fingerprint density at radius 2 is 1.50 bits per heavy atom. The van der Waals surface area contributed by atoms with Crippen LogP contribution >= 0.6 is 0 Å². The average Bonchev–Trinajstić information content (AvgIpc) is 2.85. The van der Waals surface area contributed by atoms with Gasteiger partial charge in [-0.1, -0.05) is 12.1 Å². The second-order valence-electron chi connectivity index (χ2n) is 7.52. The maximum Gasteiger partial charge on any atom is 0.251 e. The summed E-state index contributed by atoms with van der Waals surface area (Å²) in [5, 5.41) is 2.98. The van der Waals surface area contributed by atoms with Crippen LogP contribution in [0.2, 0.25) is 0 Å². The second-order valence-corrected chi connectivity index (χ2v) is 7.52. The third-order valence-electron chi connectivity index (χ3n) is 5.66. The standard InChI is InChI=1S/C24H33N3O5/c1-29-20-9-6-5-8-19(20)27-14-12-26(13-15-27)11-7-10-25-24(28)18-16-21(30-2)23(32-4)22(17-18)31-3/h5-6,8-9,16-17H,7,10-15H2,1-4H3,(H,25,28). The monoisotopic (exact) mass is 443 g/mol. The van der Waals surface area contributed by atoms with E-state index in [0.29, 0.717) is 29.4 Å². The fraction of sp³-hybridized carbons (Fsp3) is 0.458. The molecule has 1 amide bonds. The number of anilines is 1. The summed E-state index contributed by atoms with van der Waals surface area (Å²) in [4.78, 5) is 17.4. The van der Waals surface area contributed by atoms with E-state index < -0.39 is 0 Å². The number of para-hydroxylation sites is 2. The first-order valence-electron chi connectivity index (χ1n) is 10.8. The van der Waals surface area contributed by atoms with E-state index in [0.717, 1.165) is 50.6 Å². The number of hydrogen-bond donors (Lipinski definition) is 1. The number of benzene rings is 2. The first-order chi connectivity index (χ1) is 15.6. The molecule has 1 saturated heterocycles. The van der Waals surface area contributed by atoms with Crippen molar-refractivity contribution in [3.8, 4) is 23.0 Å². The average molecular weight is 444 g/mol. The summed E-state index contributed by atoms with van der Waals surface area (Å²) in [5.74, 6) is 2.15. The van der Waals surface area contributed by atoms with Crippen molar-refractivity contribution in [3.63, 3.8) is 0 Å². The highest BCUT2D eigenvalue weighted by Gasteiger charge is 2.20. The molecule has 0 aromatic heterocycles. The van der Waals surface area contributed by atoms with Crippen molar-refractivity contribution in [2.75, 3.05) is 72.6 Å². The van der Waals surface area contributed by atoms with E-state index in [9.17, 15) is 4.79 Å². The molecule has 0 atom stereocenters. The van der Waals surface area contributed by atoms with Crippen LogP contribution in [-0.2, 0) is 0 Å². The van der Waals surface area contributed by atoms with Gasteiger partial charge in [-0.25, -0.2) is 0 Å². The summed E-state index contributed by atoms with van der Waals surface area (Å²) in [6, 6.07) is 11.5. The largest absolute Gasteiger partial charge is 0.495 e. The zero-order valence-corrected chi connectivity index (χ0v) is 19.3. The molecule has 0 saturated carbocycles. The topological polar surface area (TPSA) is 72.5 Å². The number of rotatable bonds is 10. The molecule has 8 nitrogen and oxygen atoms in total. The van der Waals surface area contributed by atoms with Gasteiger partial charge in [0.2, 0.25) is 5.75 Å². The van der Waals surface area contributed by atoms with Gasteiger partial charge in [0.15, 0.2) is 11.5 Å². The third kappa shape index (κ3) is 5.56. The number of hydrogen-bond acceptors (Lipinski definition) is 7. The lowest BCUT2D eigenvalue weighted by Gasteiger charge is -2.36. The number of amides is 1. The second kappa shape index (κ2) is 11.5. The Morgan fingerprint density at radius 1 is 0.875 bits per heavy atom. The number of ether oxygens (including phenoxy) is 4. The Bertz CT molecular complexity index is 872. The molecule has 1 N–H and O–H groups in total. The first-order valence-corrected chi connectivity index (χ1v) is 10.8. The van der Waals surface area contributed by atoms with Gasteiger partial charge in [-0.15, -0.1) is 0 Å². The zero-order chi connectivity index (χ0) is 22.9. The fourth-order valence-corrected chi connectivity index (χ4v) is 3.92. The molecule has 174 valence electrons. The van der Waals surface area contributed by atoms with Crippen molar-refractivity contribution in [2.45, 2.75) is 6.42 Å². The zero-order valence-electron chi connectivity index (χ0n) is 19.3. The van der Waals surface area contributed by atoms with Crippen LogP contribution in [-0.4, -0.2) is 78.5 Å². The Kier molecular flexibility index (Phi) is 8.44. The van der Waals surface area contributed by atoms with E-state index in [2.05, 4.69) is 21.2 Å². The minimum Gasteiger partial charge on any atom is -0.495 e. The minimum atomic E-state index is -0.162. The van der Waals surface area contributed by atoms with E-state index in [-0.39, 0.29) is 5.91 Å².